The smallest absolute Gasteiger partial charge is 0.122 e. The van der Waals surface area contributed by atoms with Crippen LogP contribution in [0.2, 0.25) is 0 Å². The van der Waals surface area contributed by atoms with Gasteiger partial charge in [-0.3, -0.25) is 0 Å². The molecule has 0 unspecified atom stereocenters. The molecule has 1 rings (SSSR count). The molecule has 2 heteroatoms. The largest absolute Gasteiger partial charge is 0.493 e. The number of para-hydroxylation sites is 1. The van der Waals surface area contributed by atoms with E-state index in [0.717, 1.165) is 12.2 Å². The maximum atomic E-state index is 8.78. The van der Waals surface area contributed by atoms with E-state index in [4.69, 9.17) is 9.84 Å². The molecular weight excluding hydrogens is 236 g/mol. The lowest BCUT2D eigenvalue weighted by molar-refractivity contribution is 0.232. The summed E-state index contributed by atoms with van der Waals surface area (Å²) in [5.41, 5.74) is 1.30. The SMILES string of the molecule is CCCCCCCCc1ccccc1OCCCO. The molecule has 0 saturated carbocycles. The second-order valence-corrected chi connectivity index (χ2v) is 5.05. The molecular formula is C17H28O2. The van der Waals surface area contributed by atoms with Gasteiger partial charge in [0.2, 0.25) is 0 Å². The van der Waals surface area contributed by atoms with E-state index in [1.807, 2.05) is 12.1 Å². The van der Waals surface area contributed by atoms with Gasteiger partial charge in [-0.25, -0.2) is 0 Å². The summed E-state index contributed by atoms with van der Waals surface area (Å²) in [6, 6.07) is 8.27. The van der Waals surface area contributed by atoms with Crippen molar-refractivity contribution in [1.82, 2.24) is 0 Å². The van der Waals surface area contributed by atoms with Crippen molar-refractivity contribution in [3.8, 4) is 5.75 Å². The molecule has 0 radical (unpaired) electrons. The Morgan fingerprint density at radius 1 is 0.947 bits per heavy atom. The van der Waals surface area contributed by atoms with E-state index in [1.165, 1.54) is 44.1 Å². The molecule has 2 nitrogen and oxygen atoms in total. The monoisotopic (exact) mass is 264 g/mol. The zero-order valence-electron chi connectivity index (χ0n) is 12.2. The Morgan fingerprint density at radius 3 is 2.47 bits per heavy atom. The van der Waals surface area contributed by atoms with E-state index < -0.39 is 0 Å². The third kappa shape index (κ3) is 7.22. The molecule has 0 atom stereocenters. The average Bonchev–Trinajstić information content (AvgIpc) is 2.44. The number of hydrogen-bond donors (Lipinski definition) is 1. The molecule has 0 heterocycles. The molecule has 1 aromatic carbocycles. The number of aliphatic hydroxyl groups excluding tert-OH is 1. The standard InChI is InChI=1S/C17H28O2/c1-2-3-4-5-6-7-11-16-12-8-9-13-17(16)19-15-10-14-18/h8-9,12-13,18H,2-7,10-11,14-15H2,1H3. The van der Waals surface area contributed by atoms with Crippen LogP contribution in [0.25, 0.3) is 0 Å². The van der Waals surface area contributed by atoms with Gasteiger partial charge in [0.15, 0.2) is 0 Å². The van der Waals surface area contributed by atoms with Crippen LogP contribution in [0, 0.1) is 0 Å². The molecule has 0 aromatic heterocycles. The molecule has 0 spiro atoms. The van der Waals surface area contributed by atoms with Crippen LogP contribution in [0.5, 0.6) is 5.75 Å². The third-order valence-corrected chi connectivity index (χ3v) is 3.33. The first-order valence-corrected chi connectivity index (χ1v) is 7.70. The highest BCUT2D eigenvalue weighted by Crippen LogP contribution is 2.21. The van der Waals surface area contributed by atoms with Crippen LogP contribution in [-0.4, -0.2) is 18.3 Å². The van der Waals surface area contributed by atoms with Gasteiger partial charge in [0.05, 0.1) is 6.61 Å². The van der Waals surface area contributed by atoms with Crippen molar-refractivity contribution in [3.63, 3.8) is 0 Å². The van der Waals surface area contributed by atoms with Crippen LogP contribution >= 0.6 is 0 Å². The van der Waals surface area contributed by atoms with Crippen LogP contribution in [0.1, 0.15) is 57.4 Å². The average molecular weight is 264 g/mol. The summed E-state index contributed by atoms with van der Waals surface area (Å²) < 4.78 is 5.71. The van der Waals surface area contributed by atoms with Gasteiger partial charge in [-0.05, 0) is 24.5 Å². The van der Waals surface area contributed by atoms with Crippen molar-refractivity contribution in [1.29, 1.82) is 0 Å². The molecule has 1 aromatic rings. The Balaban J connectivity index is 2.27. The second kappa shape index (κ2) is 10.9. The van der Waals surface area contributed by atoms with Gasteiger partial charge in [-0.15, -0.1) is 0 Å². The van der Waals surface area contributed by atoms with E-state index in [0.29, 0.717) is 13.0 Å². The van der Waals surface area contributed by atoms with Crippen molar-refractivity contribution in [2.45, 2.75) is 58.3 Å². The Kier molecular flexibility index (Phi) is 9.17. The van der Waals surface area contributed by atoms with E-state index in [-0.39, 0.29) is 6.61 Å². The zero-order chi connectivity index (χ0) is 13.8. The van der Waals surface area contributed by atoms with Crippen LogP contribution in [0.15, 0.2) is 24.3 Å². The number of benzene rings is 1. The van der Waals surface area contributed by atoms with E-state index in [1.54, 1.807) is 0 Å². The summed E-state index contributed by atoms with van der Waals surface area (Å²) in [7, 11) is 0. The van der Waals surface area contributed by atoms with Crippen LogP contribution in [-0.2, 0) is 6.42 Å². The lowest BCUT2D eigenvalue weighted by Gasteiger charge is -2.11. The number of rotatable bonds is 11. The molecule has 0 aliphatic rings. The Morgan fingerprint density at radius 2 is 1.68 bits per heavy atom. The summed E-state index contributed by atoms with van der Waals surface area (Å²) in [5, 5.41) is 8.78. The lowest BCUT2D eigenvalue weighted by Crippen LogP contribution is -2.02. The van der Waals surface area contributed by atoms with E-state index in [9.17, 15) is 0 Å². The van der Waals surface area contributed by atoms with Gasteiger partial charge in [-0.1, -0.05) is 57.2 Å². The molecule has 108 valence electrons. The number of aryl methyl sites for hydroxylation is 1. The normalized spacial score (nSPS) is 10.6. The maximum absolute atomic E-state index is 8.78. The van der Waals surface area contributed by atoms with Gasteiger partial charge in [0.1, 0.15) is 5.75 Å². The van der Waals surface area contributed by atoms with Crippen molar-refractivity contribution >= 4 is 0 Å². The molecule has 0 aliphatic heterocycles. The first-order valence-electron chi connectivity index (χ1n) is 7.70. The van der Waals surface area contributed by atoms with Crippen LogP contribution in [0.4, 0.5) is 0 Å². The summed E-state index contributed by atoms with van der Waals surface area (Å²) in [6.07, 6.45) is 9.73. The quantitative estimate of drug-likeness (QED) is 0.602. The molecule has 19 heavy (non-hydrogen) atoms. The van der Waals surface area contributed by atoms with Crippen molar-refractivity contribution in [3.05, 3.63) is 29.8 Å². The molecule has 0 aliphatic carbocycles. The Hall–Kier alpha value is -1.02. The summed E-state index contributed by atoms with van der Waals surface area (Å²) in [6.45, 7) is 3.05. The van der Waals surface area contributed by atoms with Gasteiger partial charge in [0, 0.05) is 13.0 Å². The van der Waals surface area contributed by atoms with Crippen molar-refractivity contribution in [2.24, 2.45) is 0 Å². The second-order valence-electron chi connectivity index (χ2n) is 5.05. The number of ether oxygens (including phenoxy) is 1. The highest BCUT2D eigenvalue weighted by atomic mass is 16.5. The van der Waals surface area contributed by atoms with Crippen molar-refractivity contribution < 1.29 is 9.84 Å². The molecule has 1 N–H and O–H groups in total. The third-order valence-electron chi connectivity index (χ3n) is 3.33. The summed E-state index contributed by atoms with van der Waals surface area (Å²) in [4.78, 5) is 0. The minimum Gasteiger partial charge on any atom is -0.493 e. The number of aliphatic hydroxyl groups is 1. The van der Waals surface area contributed by atoms with Crippen LogP contribution < -0.4 is 4.74 Å². The summed E-state index contributed by atoms with van der Waals surface area (Å²) in [5.74, 6) is 0.990. The topological polar surface area (TPSA) is 29.5 Å². The minimum absolute atomic E-state index is 0.194. The fourth-order valence-electron chi connectivity index (χ4n) is 2.19. The van der Waals surface area contributed by atoms with Gasteiger partial charge in [-0.2, -0.15) is 0 Å². The van der Waals surface area contributed by atoms with Gasteiger partial charge < -0.3 is 9.84 Å². The number of hydrogen-bond acceptors (Lipinski definition) is 2. The van der Waals surface area contributed by atoms with Crippen molar-refractivity contribution in [2.75, 3.05) is 13.2 Å². The number of unbranched alkanes of at least 4 members (excludes halogenated alkanes) is 5. The Bertz CT molecular complexity index is 323. The first-order chi connectivity index (χ1) is 9.38. The molecule has 0 saturated heterocycles. The van der Waals surface area contributed by atoms with E-state index in [2.05, 4.69) is 19.1 Å². The predicted octanol–water partition coefficient (Wildman–Crippen LogP) is 4.35. The maximum Gasteiger partial charge on any atom is 0.122 e. The highest BCUT2D eigenvalue weighted by molar-refractivity contribution is 5.33. The fourth-order valence-corrected chi connectivity index (χ4v) is 2.19. The minimum atomic E-state index is 0.194. The highest BCUT2D eigenvalue weighted by Gasteiger charge is 2.02. The van der Waals surface area contributed by atoms with Gasteiger partial charge in [0.25, 0.3) is 0 Å². The lowest BCUT2D eigenvalue weighted by atomic mass is 10.0. The molecule has 0 fully saturated rings. The molecule has 0 amide bonds. The van der Waals surface area contributed by atoms with Gasteiger partial charge >= 0.3 is 0 Å². The predicted molar refractivity (Wildman–Crippen MR) is 80.7 cm³/mol. The first kappa shape index (κ1) is 16.0. The zero-order valence-corrected chi connectivity index (χ0v) is 12.2. The van der Waals surface area contributed by atoms with E-state index >= 15 is 0 Å². The Labute approximate surface area is 117 Å². The van der Waals surface area contributed by atoms with Crippen LogP contribution in [0.3, 0.4) is 0 Å². The summed E-state index contributed by atoms with van der Waals surface area (Å²) >= 11 is 0. The molecule has 0 bridgehead atoms. The fraction of sp³-hybridized carbons (Fsp3) is 0.647.